The first-order valence-corrected chi connectivity index (χ1v) is 6.06. The van der Waals surface area contributed by atoms with Crippen molar-refractivity contribution in [1.29, 1.82) is 0 Å². The molecule has 0 aliphatic rings. The van der Waals surface area contributed by atoms with E-state index in [-0.39, 0.29) is 17.2 Å². The number of hydrogen-bond donors (Lipinski definition) is 1. The fourth-order valence-corrected chi connectivity index (χ4v) is 1.80. The number of aryl methyl sites for hydroxylation is 1. The van der Waals surface area contributed by atoms with E-state index in [4.69, 9.17) is 5.73 Å². The highest BCUT2D eigenvalue weighted by Crippen LogP contribution is 2.36. The Morgan fingerprint density at radius 2 is 1.79 bits per heavy atom. The molecule has 0 saturated carbocycles. The normalized spacial score (nSPS) is 11.6. The van der Waals surface area contributed by atoms with Gasteiger partial charge in [-0.05, 0) is 28.9 Å². The molecule has 1 heterocycles. The Morgan fingerprint density at radius 1 is 1.16 bits per heavy atom. The summed E-state index contributed by atoms with van der Waals surface area (Å²) in [4.78, 5) is 7.94. The first-order chi connectivity index (χ1) is 8.80. The Kier molecular flexibility index (Phi) is 3.49. The number of nitrogens with two attached hydrogens (primary N) is 1. The second-order valence-corrected chi connectivity index (χ2v) is 4.67. The maximum atomic E-state index is 12.9. The molecule has 0 saturated heterocycles. The lowest BCUT2D eigenvalue weighted by Crippen LogP contribution is -2.09. The summed E-state index contributed by atoms with van der Waals surface area (Å²) in [6, 6.07) is 5.14. The number of hydrogen-bond acceptors (Lipinski definition) is 3. The fourth-order valence-electron chi connectivity index (χ4n) is 1.63. The van der Waals surface area contributed by atoms with Crippen molar-refractivity contribution in [3.63, 3.8) is 0 Å². The summed E-state index contributed by atoms with van der Waals surface area (Å²) < 4.78 is 39.2. The van der Waals surface area contributed by atoms with E-state index in [1.54, 1.807) is 6.92 Å². The van der Waals surface area contributed by atoms with Crippen molar-refractivity contribution in [1.82, 2.24) is 9.97 Å². The average Bonchev–Trinajstić information content (AvgIpc) is 2.34. The van der Waals surface area contributed by atoms with Gasteiger partial charge in [0.15, 0.2) is 5.82 Å². The molecule has 0 radical (unpaired) electrons. The molecule has 3 nitrogen and oxygen atoms in total. The van der Waals surface area contributed by atoms with E-state index in [1.165, 1.54) is 18.2 Å². The predicted molar refractivity (Wildman–Crippen MR) is 69.3 cm³/mol. The van der Waals surface area contributed by atoms with Crippen LogP contribution in [-0.2, 0) is 6.18 Å². The minimum Gasteiger partial charge on any atom is -0.383 e. The fraction of sp³-hybridized carbons (Fsp3) is 0.167. The first-order valence-electron chi connectivity index (χ1n) is 5.27. The van der Waals surface area contributed by atoms with Crippen molar-refractivity contribution >= 4 is 21.7 Å². The van der Waals surface area contributed by atoms with Crippen LogP contribution in [0, 0.1) is 6.92 Å². The van der Waals surface area contributed by atoms with Crippen molar-refractivity contribution in [2.45, 2.75) is 13.1 Å². The van der Waals surface area contributed by atoms with Crippen LogP contribution < -0.4 is 5.73 Å². The lowest BCUT2D eigenvalue weighted by Gasteiger charge is -2.12. The third-order valence-corrected chi connectivity index (χ3v) is 3.50. The van der Waals surface area contributed by atoms with E-state index in [0.717, 1.165) is 6.07 Å². The van der Waals surface area contributed by atoms with E-state index < -0.39 is 11.7 Å². The molecule has 2 aromatic rings. The van der Waals surface area contributed by atoms with Crippen LogP contribution >= 0.6 is 15.9 Å². The lowest BCUT2D eigenvalue weighted by atomic mass is 10.1. The molecule has 7 heteroatoms. The summed E-state index contributed by atoms with van der Waals surface area (Å²) in [6.07, 6.45) is -4.46. The molecule has 0 aliphatic heterocycles. The van der Waals surface area contributed by atoms with Gasteiger partial charge in [-0.2, -0.15) is 13.2 Å². The van der Waals surface area contributed by atoms with Crippen LogP contribution in [0.1, 0.15) is 11.3 Å². The van der Waals surface area contributed by atoms with Gasteiger partial charge in [-0.1, -0.05) is 18.2 Å². The predicted octanol–water partition coefficient (Wildman–Crippen LogP) is 3.82. The Balaban J connectivity index is 2.67. The van der Waals surface area contributed by atoms with E-state index in [9.17, 15) is 13.2 Å². The molecule has 1 aromatic carbocycles. The second-order valence-electron chi connectivity index (χ2n) is 3.88. The number of rotatable bonds is 1. The third kappa shape index (κ3) is 2.70. The Bertz CT molecular complexity index is 603. The van der Waals surface area contributed by atoms with Crippen LogP contribution in [0.4, 0.5) is 19.0 Å². The molecule has 2 N–H and O–H groups in total. The summed E-state index contributed by atoms with van der Waals surface area (Å²) in [5, 5.41) is 0. The summed E-state index contributed by atoms with van der Waals surface area (Å²) in [5.41, 5.74) is 5.26. The van der Waals surface area contributed by atoms with Crippen molar-refractivity contribution < 1.29 is 13.2 Å². The van der Waals surface area contributed by atoms with E-state index in [0.29, 0.717) is 10.2 Å². The maximum Gasteiger partial charge on any atom is 0.417 e. The van der Waals surface area contributed by atoms with Crippen LogP contribution in [0.15, 0.2) is 28.7 Å². The highest BCUT2D eigenvalue weighted by Gasteiger charge is 2.34. The van der Waals surface area contributed by atoms with Gasteiger partial charge in [0.05, 0.1) is 15.7 Å². The maximum absolute atomic E-state index is 12.9. The van der Waals surface area contributed by atoms with Crippen LogP contribution in [0.5, 0.6) is 0 Å². The monoisotopic (exact) mass is 331 g/mol. The zero-order valence-electron chi connectivity index (χ0n) is 9.79. The summed E-state index contributed by atoms with van der Waals surface area (Å²) in [6.45, 7) is 1.64. The van der Waals surface area contributed by atoms with Gasteiger partial charge in [0.2, 0.25) is 0 Å². The number of nitrogen functional groups attached to an aromatic ring is 1. The van der Waals surface area contributed by atoms with Gasteiger partial charge >= 0.3 is 6.18 Å². The van der Waals surface area contributed by atoms with Crippen molar-refractivity contribution in [2.24, 2.45) is 0 Å². The van der Waals surface area contributed by atoms with Crippen molar-refractivity contribution in [2.75, 3.05) is 5.73 Å². The number of anilines is 1. The molecule has 100 valence electrons. The van der Waals surface area contributed by atoms with Gasteiger partial charge in [-0.25, -0.2) is 9.97 Å². The minimum atomic E-state index is -4.46. The number of alkyl halides is 3. The van der Waals surface area contributed by atoms with E-state index in [1.807, 2.05) is 0 Å². The molecule has 0 bridgehead atoms. The summed E-state index contributed by atoms with van der Waals surface area (Å²) in [5.74, 6) is 0.0746. The van der Waals surface area contributed by atoms with Crippen molar-refractivity contribution in [3.8, 4) is 11.4 Å². The topological polar surface area (TPSA) is 51.8 Å². The average molecular weight is 332 g/mol. The summed E-state index contributed by atoms with van der Waals surface area (Å²) >= 11 is 3.17. The van der Waals surface area contributed by atoms with Crippen LogP contribution in [-0.4, -0.2) is 9.97 Å². The summed E-state index contributed by atoms with van der Waals surface area (Å²) in [7, 11) is 0. The standard InChI is InChI=1S/C12H9BrF3N3/c1-6-9(13)10(17)19-11(18-6)7-4-2-3-5-8(7)12(14,15)16/h2-5H,1H3,(H2,17,18,19). The van der Waals surface area contributed by atoms with Gasteiger partial charge in [0.25, 0.3) is 0 Å². The van der Waals surface area contributed by atoms with Gasteiger partial charge < -0.3 is 5.73 Å². The number of nitrogens with zero attached hydrogens (tertiary/aromatic N) is 2. The quantitative estimate of drug-likeness (QED) is 0.864. The largest absolute Gasteiger partial charge is 0.417 e. The van der Waals surface area contributed by atoms with Gasteiger partial charge in [-0.15, -0.1) is 0 Å². The smallest absolute Gasteiger partial charge is 0.383 e. The Hall–Kier alpha value is -1.63. The zero-order valence-corrected chi connectivity index (χ0v) is 11.4. The Morgan fingerprint density at radius 3 is 2.37 bits per heavy atom. The third-order valence-electron chi connectivity index (χ3n) is 2.52. The van der Waals surface area contributed by atoms with Crippen LogP contribution in [0.2, 0.25) is 0 Å². The van der Waals surface area contributed by atoms with Gasteiger partial charge in [0.1, 0.15) is 5.82 Å². The highest BCUT2D eigenvalue weighted by atomic mass is 79.9. The van der Waals surface area contributed by atoms with Gasteiger partial charge in [-0.3, -0.25) is 0 Å². The minimum absolute atomic E-state index is 0.0360. The van der Waals surface area contributed by atoms with Crippen molar-refractivity contribution in [3.05, 3.63) is 40.0 Å². The highest BCUT2D eigenvalue weighted by molar-refractivity contribution is 9.10. The van der Waals surface area contributed by atoms with Crippen LogP contribution in [0.3, 0.4) is 0 Å². The molecule has 0 unspecified atom stereocenters. The molecular weight excluding hydrogens is 323 g/mol. The molecule has 0 amide bonds. The number of benzene rings is 1. The Labute approximate surface area is 115 Å². The molecule has 0 spiro atoms. The molecule has 1 aromatic heterocycles. The van der Waals surface area contributed by atoms with Crippen LogP contribution in [0.25, 0.3) is 11.4 Å². The molecular formula is C12H9BrF3N3. The van der Waals surface area contributed by atoms with E-state index >= 15 is 0 Å². The first kappa shape index (κ1) is 13.8. The SMILES string of the molecule is Cc1nc(-c2ccccc2C(F)(F)F)nc(N)c1Br. The number of halogens is 4. The lowest BCUT2D eigenvalue weighted by molar-refractivity contribution is -0.137. The molecule has 0 aliphatic carbocycles. The van der Waals surface area contributed by atoms with Gasteiger partial charge in [0, 0.05) is 5.56 Å². The molecule has 19 heavy (non-hydrogen) atoms. The van der Waals surface area contributed by atoms with E-state index in [2.05, 4.69) is 25.9 Å². The number of aromatic nitrogens is 2. The molecule has 0 atom stereocenters. The zero-order chi connectivity index (χ0) is 14.2. The molecule has 0 fully saturated rings. The molecule has 2 rings (SSSR count). The second kappa shape index (κ2) is 4.80.